The quantitative estimate of drug-likeness (QED) is 0.824. The number of carboxylic acid groups (broad SMARTS) is 1. The highest BCUT2D eigenvalue weighted by Crippen LogP contribution is 2.16. The van der Waals surface area contributed by atoms with E-state index in [2.05, 4.69) is 9.88 Å². The number of β-amino-alcohol motifs (C(OH)–C–C–N with tert-alkyl or cyclic N) is 1. The van der Waals surface area contributed by atoms with E-state index in [4.69, 9.17) is 5.11 Å². The number of aliphatic hydroxyl groups is 1. The molecule has 0 amide bonds. The monoisotopic (exact) mass is 279 g/mol. The molecule has 2 atom stereocenters. The molecule has 1 aliphatic rings. The summed E-state index contributed by atoms with van der Waals surface area (Å²) in [5.41, 5.74) is 0.784. The molecule has 1 aromatic rings. The molecule has 6 heteroatoms. The average Bonchev–Trinajstić information content (AvgIpc) is 2.38. The van der Waals surface area contributed by atoms with Gasteiger partial charge >= 0.3 is 5.97 Å². The second-order valence-corrected chi connectivity index (χ2v) is 5.44. The van der Waals surface area contributed by atoms with Crippen LogP contribution in [-0.2, 0) is 6.54 Å². The van der Waals surface area contributed by atoms with E-state index in [1.54, 1.807) is 6.07 Å². The van der Waals surface area contributed by atoms with Gasteiger partial charge in [0.05, 0.1) is 11.8 Å². The Morgan fingerprint density at radius 2 is 2.25 bits per heavy atom. The summed E-state index contributed by atoms with van der Waals surface area (Å²) in [6.07, 6.45) is 0.508. The zero-order valence-electron chi connectivity index (χ0n) is 11.9. The summed E-state index contributed by atoms with van der Waals surface area (Å²) in [5.74, 6) is -1.02. The van der Waals surface area contributed by atoms with Crippen LogP contribution in [0.15, 0.2) is 18.2 Å². The van der Waals surface area contributed by atoms with E-state index in [9.17, 15) is 9.90 Å². The Hall–Kier alpha value is -1.50. The first kappa shape index (κ1) is 14.9. The van der Waals surface area contributed by atoms with Crippen LogP contribution in [0.25, 0.3) is 0 Å². The summed E-state index contributed by atoms with van der Waals surface area (Å²) in [6.45, 7) is 2.03. The summed E-state index contributed by atoms with van der Waals surface area (Å²) in [7, 11) is 3.95. The number of piperidine rings is 1. The SMILES string of the molecule is CN(C)[C@@H]1CCN(Cc2cccc(C(=O)O)n2)C[C@H]1O. The number of aromatic nitrogens is 1. The summed E-state index contributed by atoms with van der Waals surface area (Å²) in [4.78, 5) is 19.2. The number of nitrogens with zero attached hydrogens (tertiary/aromatic N) is 3. The molecule has 0 aliphatic carbocycles. The standard InChI is InChI=1S/C14H21N3O3/c1-16(2)12-6-7-17(9-13(12)18)8-10-4-3-5-11(15-10)14(19)20/h3-5,12-13,18H,6-9H2,1-2H3,(H,19,20)/t12-,13-/m1/s1. The number of hydrogen-bond acceptors (Lipinski definition) is 5. The zero-order chi connectivity index (χ0) is 14.7. The van der Waals surface area contributed by atoms with Gasteiger partial charge in [-0.2, -0.15) is 0 Å². The van der Waals surface area contributed by atoms with Crippen LogP contribution in [0.5, 0.6) is 0 Å². The molecule has 110 valence electrons. The molecule has 0 spiro atoms. The fourth-order valence-electron chi connectivity index (χ4n) is 2.65. The highest BCUT2D eigenvalue weighted by atomic mass is 16.4. The number of rotatable bonds is 4. The van der Waals surface area contributed by atoms with Crippen LogP contribution in [0, 0.1) is 0 Å². The molecule has 6 nitrogen and oxygen atoms in total. The predicted molar refractivity (Wildman–Crippen MR) is 74.6 cm³/mol. The molecule has 20 heavy (non-hydrogen) atoms. The van der Waals surface area contributed by atoms with Crippen molar-refractivity contribution in [1.29, 1.82) is 0 Å². The molecule has 1 saturated heterocycles. The van der Waals surface area contributed by atoms with E-state index in [-0.39, 0.29) is 17.8 Å². The minimum absolute atomic E-state index is 0.0613. The molecular formula is C14H21N3O3. The van der Waals surface area contributed by atoms with E-state index >= 15 is 0 Å². The van der Waals surface area contributed by atoms with E-state index in [1.807, 2.05) is 25.1 Å². The predicted octanol–water partition coefficient (Wildman–Crippen LogP) is 0.277. The maximum absolute atomic E-state index is 10.9. The third-order valence-electron chi connectivity index (χ3n) is 3.71. The van der Waals surface area contributed by atoms with Gasteiger partial charge in [-0.25, -0.2) is 9.78 Å². The molecule has 1 aliphatic heterocycles. The Balaban J connectivity index is 1.98. The van der Waals surface area contributed by atoms with Gasteiger partial charge in [-0.05, 0) is 32.6 Å². The first-order chi connectivity index (χ1) is 9.47. The molecule has 0 radical (unpaired) electrons. The number of pyridine rings is 1. The Morgan fingerprint density at radius 3 is 2.85 bits per heavy atom. The van der Waals surface area contributed by atoms with Crippen molar-refractivity contribution in [3.63, 3.8) is 0 Å². The first-order valence-electron chi connectivity index (χ1n) is 6.73. The van der Waals surface area contributed by atoms with Crippen LogP contribution >= 0.6 is 0 Å². The van der Waals surface area contributed by atoms with Crippen LogP contribution < -0.4 is 0 Å². The van der Waals surface area contributed by atoms with Gasteiger partial charge in [0.25, 0.3) is 0 Å². The molecule has 0 aromatic carbocycles. The number of aromatic carboxylic acids is 1. The number of carboxylic acids is 1. The third-order valence-corrected chi connectivity index (χ3v) is 3.71. The minimum atomic E-state index is -1.02. The number of aliphatic hydroxyl groups excluding tert-OH is 1. The van der Waals surface area contributed by atoms with Crippen molar-refractivity contribution in [3.8, 4) is 0 Å². The summed E-state index contributed by atoms with van der Waals surface area (Å²) in [6, 6.07) is 5.19. The Morgan fingerprint density at radius 1 is 1.50 bits per heavy atom. The van der Waals surface area contributed by atoms with Crippen molar-refractivity contribution in [2.45, 2.75) is 25.1 Å². The first-order valence-corrected chi connectivity index (χ1v) is 6.73. The fraction of sp³-hybridized carbons (Fsp3) is 0.571. The normalized spacial score (nSPS) is 24.0. The highest BCUT2D eigenvalue weighted by molar-refractivity contribution is 5.85. The van der Waals surface area contributed by atoms with Crippen molar-refractivity contribution >= 4 is 5.97 Å². The molecular weight excluding hydrogens is 258 g/mol. The van der Waals surface area contributed by atoms with Gasteiger partial charge in [-0.3, -0.25) is 4.90 Å². The third kappa shape index (κ3) is 3.53. The molecule has 1 aromatic heterocycles. The fourth-order valence-corrected chi connectivity index (χ4v) is 2.65. The average molecular weight is 279 g/mol. The van der Waals surface area contributed by atoms with Crippen LogP contribution in [0.3, 0.4) is 0 Å². The number of hydrogen-bond donors (Lipinski definition) is 2. The topological polar surface area (TPSA) is 76.9 Å². The molecule has 0 saturated carbocycles. The summed E-state index contributed by atoms with van der Waals surface area (Å²) < 4.78 is 0. The van der Waals surface area contributed by atoms with Crippen LogP contribution in [0.1, 0.15) is 22.6 Å². The maximum Gasteiger partial charge on any atom is 0.354 e. The highest BCUT2D eigenvalue weighted by Gasteiger charge is 2.29. The Labute approximate surface area is 118 Å². The lowest BCUT2D eigenvalue weighted by molar-refractivity contribution is 0.00116. The van der Waals surface area contributed by atoms with Gasteiger partial charge in [0.15, 0.2) is 0 Å². The number of likely N-dealkylation sites (tertiary alicyclic amines) is 1. The van der Waals surface area contributed by atoms with Gasteiger partial charge in [0.1, 0.15) is 5.69 Å². The van der Waals surface area contributed by atoms with Crippen molar-refractivity contribution in [3.05, 3.63) is 29.6 Å². The smallest absolute Gasteiger partial charge is 0.354 e. The van der Waals surface area contributed by atoms with Crippen molar-refractivity contribution in [1.82, 2.24) is 14.8 Å². The minimum Gasteiger partial charge on any atom is -0.477 e. The van der Waals surface area contributed by atoms with Crippen molar-refractivity contribution in [2.75, 3.05) is 27.2 Å². The Bertz CT molecular complexity index is 478. The van der Waals surface area contributed by atoms with Gasteiger partial charge in [-0.15, -0.1) is 0 Å². The van der Waals surface area contributed by atoms with Crippen molar-refractivity contribution in [2.24, 2.45) is 0 Å². The van der Waals surface area contributed by atoms with Gasteiger partial charge in [0, 0.05) is 25.7 Å². The van der Waals surface area contributed by atoms with E-state index in [1.165, 1.54) is 6.07 Å². The summed E-state index contributed by atoms with van der Waals surface area (Å²) in [5, 5.41) is 19.1. The van der Waals surface area contributed by atoms with Crippen molar-refractivity contribution < 1.29 is 15.0 Å². The van der Waals surface area contributed by atoms with Crippen LogP contribution in [0.4, 0.5) is 0 Å². The number of likely N-dealkylation sites (N-methyl/N-ethyl adjacent to an activating group) is 1. The molecule has 0 bridgehead atoms. The Kier molecular flexibility index (Phi) is 4.69. The van der Waals surface area contributed by atoms with E-state index < -0.39 is 5.97 Å². The second-order valence-electron chi connectivity index (χ2n) is 5.44. The van der Waals surface area contributed by atoms with Gasteiger partial charge in [0.2, 0.25) is 0 Å². The van der Waals surface area contributed by atoms with Crippen LogP contribution in [0.2, 0.25) is 0 Å². The van der Waals surface area contributed by atoms with Gasteiger partial charge < -0.3 is 15.1 Å². The lowest BCUT2D eigenvalue weighted by atomic mass is 10.0. The zero-order valence-corrected chi connectivity index (χ0v) is 11.9. The summed E-state index contributed by atoms with van der Waals surface area (Å²) >= 11 is 0. The largest absolute Gasteiger partial charge is 0.477 e. The molecule has 0 unspecified atom stereocenters. The lowest BCUT2D eigenvalue weighted by Crippen LogP contribution is -2.51. The van der Waals surface area contributed by atoms with Gasteiger partial charge in [-0.1, -0.05) is 6.07 Å². The second kappa shape index (κ2) is 6.30. The molecule has 2 N–H and O–H groups in total. The molecule has 1 fully saturated rings. The molecule has 2 heterocycles. The number of carbonyl (C=O) groups is 1. The lowest BCUT2D eigenvalue weighted by Gasteiger charge is -2.38. The van der Waals surface area contributed by atoms with Crippen LogP contribution in [-0.4, -0.2) is 70.3 Å². The van der Waals surface area contributed by atoms with E-state index in [0.717, 1.165) is 18.7 Å². The maximum atomic E-state index is 10.9. The van der Waals surface area contributed by atoms with E-state index in [0.29, 0.717) is 13.1 Å². The molecule has 2 rings (SSSR count).